The van der Waals surface area contributed by atoms with Gasteiger partial charge < -0.3 is 15.4 Å². The first kappa shape index (κ1) is 18.4. The Balaban J connectivity index is 2.15. The molecule has 0 spiro atoms. The van der Waals surface area contributed by atoms with Crippen molar-refractivity contribution in [3.63, 3.8) is 0 Å². The predicted molar refractivity (Wildman–Crippen MR) is 96.5 cm³/mol. The van der Waals surface area contributed by atoms with Gasteiger partial charge in [0.05, 0.1) is 23.5 Å². The van der Waals surface area contributed by atoms with E-state index in [4.69, 9.17) is 39.5 Å². The van der Waals surface area contributed by atoms with Gasteiger partial charge in [-0.05, 0) is 36.8 Å². The molecular weight excluding hydrogens is 375 g/mol. The number of anilines is 2. The molecule has 2 amide bonds. The van der Waals surface area contributed by atoms with Crippen LogP contribution in [0.25, 0.3) is 0 Å². The summed E-state index contributed by atoms with van der Waals surface area (Å²) in [5, 5.41) is 6.02. The highest BCUT2D eigenvalue weighted by Crippen LogP contribution is 2.31. The molecule has 0 aromatic heterocycles. The van der Waals surface area contributed by atoms with Crippen molar-refractivity contribution in [2.24, 2.45) is 0 Å². The quantitative estimate of drug-likeness (QED) is 0.760. The van der Waals surface area contributed by atoms with Gasteiger partial charge in [0.25, 0.3) is 0 Å². The third kappa shape index (κ3) is 4.32. The summed E-state index contributed by atoms with van der Waals surface area (Å²) in [6.07, 6.45) is 0. The average molecular weight is 388 g/mol. The van der Waals surface area contributed by atoms with Crippen molar-refractivity contribution in [1.82, 2.24) is 0 Å². The number of methoxy groups -OCH3 is 1. The van der Waals surface area contributed by atoms with E-state index >= 15 is 0 Å². The smallest absolute Gasteiger partial charge is 0.314 e. The van der Waals surface area contributed by atoms with Crippen LogP contribution in [-0.2, 0) is 9.59 Å². The molecule has 0 saturated heterocycles. The summed E-state index contributed by atoms with van der Waals surface area (Å²) in [4.78, 5) is 24.1. The predicted octanol–water partition coefficient (Wildman–Crippen LogP) is 4.54. The number of nitrogens with one attached hydrogen (secondary N) is 2. The van der Waals surface area contributed by atoms with E-state index in [0.29, 0.717) is 21.5 Å². The number of aryl methyl sites for hydroxylation is 1. The highest BCUT2D eigenvalue weighted by Gasteiger charge is 2.18. The van der Waals surface area contributed by atoms with Gasteiger partial charge in [0.2, 0.25) is 0 Å². The summed E-state index contributed by atoms with van der Waals surface area (Å²) in [6, 6.07) is 7.68. The van der Waals surface area contributed by atoms with Crippen LogP contribution in [0.15, 0.2) is 30.3 Å². The minimum absolute atomic E-state index is 0.226. The maximum absolute atomic E-state index is 12.1. The van der Waals surface area contributed by atoms with Gasteiger partial charge in [-0.3, -0.25) is 9.59 Å². The van der Waals surface area contributed by atoms with Crippen molar-refractivity contribution in [3.05, 3.63) is 51.0 Å². The lowest BCUT2D eigenvalue weighted by Gasteiger charge is -2.12. The van der Waals surface area contributed by atoms with E-state index in [9.17, 15) is 9.59 Å². The van der Waals surface area contributed by atoms with E-state index in [2.05, 4.69) is 10.6 Å². The Hall–Kier alpha value is -1.95. The lowest BCUT2D eigenvalue weighted by atomic mass is 10.2. The van der Waals surface area contributed by atoms with Crippen LogP contribution in [-0.4, -0.2) is 18.9 Å². The number of halogens is 3. The third-order valence-corrected chi connectivity index (χ3v) is 4.07. The second-order valence-corrected chi connectivity index (χ2v) is 6.08. The molecule has 0 heterocycles. The fraction of sp³-hybridized carbons (Fsp3) is 0.125. The SMILES string of the molecule is COc1cc(Cl)c(C)cc1NC(=O)C(=O)Nc1ccc(Cl)cc1Cl. The van der Waals surface area contributed by atoms with Crippen LogP contribution in [0.4, 0.5) is 11.4 Å². The van der Waals surface area contributed by atoms with Gasteiger partial charge in [-0.15, -0.1) is 0 Å². The van der Waals surface area contributed by atoms with E-state index in [1.165, 1.54) is 19.2 Å². The molecule has 5 nitrogen and oxygen atoms in total. The van der Waals surface area contributed by atoms with Gasteiger partial charge in [-0.1, -0.05) is 34.8 Å². The van der Waals surface area contributed by atoms with Gasteiger partial charge in [0, 0.05) is 16.1 Å². The number of carbonyl (C=O) groups is 2. The first-order valence-corrected chi connectivity index (χ1v) is 7.86. The standard InChI is InChI=1S/C16H13Cl3N2O3/c1-8-5-13(14(24-2)7-10(8)18)21-16(23)15(22)20-12-4-3-9(17)6-11(12)19/h3-7H,1-2H3,(H,20,22)(H,21,23). The fourth-order valence-electron chi connectivity index (χ4n) is 1.88. The molecule has 0 aliphatic rings. The van der Waals surface area contributed by atoms with Gasteiger partial charge in [0.1, 0.15) is 5.75 Å². The molecule has 126 valence electrons. The molecule has 0 fully saturated rings. The molecule has 0 saturated carbocycles. The van der Waals surface area contributed by atoms with Crippen molar-refractivity contribution < 1.29 is 14.3 Å². The lowest BCUT2D eigenvalue weighted by molar-refractivity contribution is -0.133. The van der Waals surface area contributed by atoms with Crippen LogP contribution in [0.2, 0.25) is 15.1 Å². The summed E-state index contributed by atoms with van der Waals surface area (Å²) in [6.45, 7) is 1.77. The second kappa shape index (κ2) is 7.75. The molecule has 2 aromatic carbocycles. The van der Waals surface area contributed by atoms with Crippen molar-refractivity contribution in [1.29, 1.82) is 0 Å². The van der Waals surface area contributed by atoms with Crippen molar-refractivity contribution in [2.75, 3.05) is 17.7 Å². The second-order valence-electron chi connectivity index (χ2n) is 4.83. The van der Waals surface area contributed by atoms with Crippen LogP contribution in [0.3, 0.4) is 0 Å². The maximum Gasteiger partial charge on any atom is 0.314 e. The normalized spacial score (nSPS) is 10.2. The first-order chi connectivity index (χ1) is 11.3. The molecule has 24 heavy (non-hydrogen) atoms. The topological polar surface area (TPSA) is 67.4 Å². The number of benzene rings is 2. The molecule has 2 aromatic rings. The van der Waals surface area contributed by atoms with Crippen LogP contribution in [0.5, 0.6) is 5.75 Å². The molecule has 2 N–H and O–H groups in total. The van der Waals surface area contributed by atoms with Crippen molar-refractivity contribution in [3.8, 4) is 5.75 Å². The number of hydrogen-bond acceptors (Lipinski definition) is 3. The molecular formula is C16H13Cl3N2O3. The highest BCUT2D eigenvalue weighted by atomic mass is 35.5. The number of ether oxygens (including phenoxy) is 1. The number of amides is 2. The Morgan fingerprint density at radius 3 is 2.12 bits per heavy atom. The summed E-state index contributed by atoms with van der Waals surface area (Å²) >= 11 is 17.7. The van der Waals surface area contributed by atoms with Gasteiger partial charge in [-0.25, -0.2) is 0 Å². The Bertz CT molecular complexity index is 809. The first-order valence-electron chi connectivity index (χ1n) is 6.73. The Kier molecular flexibility index (Phi) is 5.94. The van der Waals surface area contributed by atoms with Crippen molar-refractivity contribution >= 4 is 58.0 Å². The largest absolute Gasteiger partial charge is 0.495 e. The monoisotopic (exact) mass is 386 g/mol. The zero-order valence-electron chi connectivity index (χ0n) is 12.7. The summed E-state index contributed by atoms with van der Waals surface area (Å²) in [7, 11) is 1.43. The molecule has 0 unspecified atom stereocenters. The van der Waals surface area contributed by atoms with Crippen LogP contribution in [0.1, 0.15) is 5.56 Å². The molecule has 0 bridgehead atoms. The average Bonchev–Trinajstić information content (AvgIpc) is 2.53. The summed E-state index contributed by atoms with van der Waals surface area (Å²) in [5.41, 5.74) is 1.34. The Labute approximate surface area is 153 Å². The van der Waals surface area contributed by atoms with Crippen molar-refractivity contribution in [2.45, 2.75) is 6.92 Å². The molecule has 0 radical (unpaired) electrons. The van der Waals surface area contributed by atoms with Crippen LogP contribution < -0.4 is 15.4 Å². The highest BCUT2D eigenvalue weighted by molar-refractivity contribution is 6.45. The minimum Gasteiger partial charge on any atom is -0.495 e. The minimum atomic E-state index is -0.881. The Morgan fingerprint density at radius 1 is 0.917 bits per heavy atom. The Morgan fingerprint density at radius 2 is 1.54 bits per heavy atom. The van der Waals surface area contributed by atoms with Crippen LogP contribution >= 0.6 is 34.8 Å². The lowest BCUT2D eigenvalue weighted by Crippen LogP contribution is -2.29. The summed E-state index contributed by atoms with van der Waals surface area (Å²) < 4.78 is 5.15. The fourth-order valence-corrected chi connectivity index (χ4v) is 2.49. The molecule has 0 aliphatic carbocycles. The van der Waals surface area contributed by atoms with Gasteiger partial charge in [0.15, 0.2) is 0 Å². The van der Waals surface area contributed by atoms with E-state index < -0.39 is 11.8 Å². The van der Waals surface area contributed by atoms with Gasteiger partial charge in [-0.2, -0.15) is 0 Å². The third-order valence-electron chi connectivity index (χ3n) is 3.11. The number of carbonyl (C=O) groups excluding carboxylic acids is 2. The zero-order chi connectivity index (χ0) is 17.9. The molecule has 8 heteroatoms. The number of rotatable bonds is 3. The molecule has 0 atom stereocenters. The van der Waals surface area contributed by atoms with Gasteiger partial charge >= 0.3 is 11.8 Å². The van der Waals surface area contributed by atoms with E-state index in [1.54, 1.807) is 25.1 Å². The van der Waals surface area contributed by atoms with E-state index in [-0.39, 0.29) is 10.7 Å². The zero-order valence-corrected chi connectivity index (χ0v) is 15.0. The maximum atomic E-state index is 12.1. The number of hydrogen-bond donors (Lipinski definition) is 2. The molecule has 2 rings (SSSR count). The summed E-state index contributed by atoms with van der Waals surface area (Å²) in [5.74, 6) is -1.41. The van der Waals surface area contributed by atoms with Crippen LogP contribution in [0, 0.1) is 6.92 Å². The molecule has 0 aliphatic heterocycles. The van der Waals surface area contributed by atoms with E-state index in [1.807, 2.05) is 0 Å². The van der Waals surface area contributed by atoms with E-state index in [0.717, 1.165) is 5.56 Å².